The molecule has 0 saturated heterocycles. The van der Waals surface area contributed by atoms with Gasteiger partial charge in [-0.05, 0) is 37.1 Å². The Kier molecular flexibility index (Phi) is 2.97. The van der Waals surface area contributed by atoms with Gasteiger partial charge >= 0.3 is 0 Å². The lowest BCUT2D eigenvalue weighted by Gasteiger charge is -2.22. The predicted molar refractivity (Wildman–Crippen MR) is 69.6 cm³/mol. The number of fused-ring (bicyclic) bond motifs is 1. The van der Waals surface area contributed by atoms with Gasteiger partial charge in [-0.3, -0.25) is 9.78 Å². The van der Waals surface area contributed by atoms with Crippen LogP contribution in [0.4, 0.5) is 0 Å². The van der Waals surface area contributed by atoms with Crippen molar-refractivity contribution in [2.75, 3.05) is 0 Å². The summed E-state index contributed by atoms with van der Waals surface area (Å²) in [5.41, 5.74) is 0.928. The van der Waals surface area contributed by atoms with E-state index in [0.717, 1.165) is 29.5 Å². The van der Waals surface area contributed by atoms with Gasteiger partial charge in [0, 0.05) is 24.4 Å². The van der Waals surface area contributed by atoms with E-state index in [0.29, 0.717) is 18.6 Å². The average molecular weight is 241 g/mol. The van der Waals surface area contributed by atoms with E-state index in [1.54, 1.807) is 6.20 Å². The fraction of sp³-hybridized carbons (Fsp3) is 0.333. The molecule has 1 heterocycles. The number of ether oxygens (including phenoxy) is 1. The van der Waals surface area contributed by atoms with Crippen LogP contribution in [0.3, 0.4) is 0 Å². The molecule has 1 saturated carbocycles. The third-order valence-corrected chi connectivity index (χ3v) is 3.34. The summed E-state index contributed by atoms with van der Waals surface area (Å²) >= 11 is 0. The van der Waals surface area contributed by atoms with Gasteiger partial charge in [-0.25, -0.2) is 0 Å². The Bertz CT molecular complexity index is 574. The molecule has 0 spiro atoms. The van der Waals surface area contributed by atoms with Crippen LogP contribution in [-0.2, 0) is 4.79 Å². The molecule has 3 rings (SSSR count). The lowest BCUT2D eigenvalue weighted by Crippen LogP contribution is -2.25. The number of nitrogens with zero attached hydrogens (tertiary/aromatic N) is 1. The van der Waals surface area contributed by atoms with Gasteiger partial charge in [0.25, 0.3) is 0 Å². The first kappa shape index (κ1) is 11.2. The van der Waals surface area contributed by atoms with Crippen molar-refractivity contribution in [3.63, 3.8) is 0 Å². The van der Waals surface area contributed by atoms with E-state index in [-0.39, 0.29) is 6.10 Å². The smallest absolute Gasteiger partial charge is 0.136 e. The third kappa shape index (κ3) is 2.21. The summed E-state index contributed by atoms with van der Waals surface area (Å²) in [7, 11) is 0. The molecule has 1 aliphatic carbocycles. The quantitative estimate of drug-likeness (QED) is 0.810. The van der Waals surface area contributed by atoms with E-state index in [2.05, 4.69) is 4.98 Å². The van der Waals surface area contributed by atoms with Crippen LogP contribution < -0.4 is 4.74 Å². The van der Waals surface area contributed by atoms with Crippen LogP contribution >= 0.6 is 0 Å². The monoisotopic (exact) mass is 241 g/mol. The number of pyridine rings is 1. The van der Waals surface area contributed by atoms with Crippen LogP contribution in [-0.4, -0.2) is 16.9 Å². The second-order valence-corrected chi connectivity index (χ2v) is 4.70. The number of ketones is 1. The highest BCUT2D eigenvalue weighted by Gasteiger charge is 2.21. The van der Waals surface area contributed by atoms with Crippen molar-refractivity contribution in [2.24, 2.45) is 0 Å². The Morgan fingerprint density at radius 1 is 1.22 bits per heavy atom. The average Bonchev–Trinajstić information content (AvgIpc) is 2.39. The number of hydrogen-bond donors (Lipinski definition) is 0. The summed E-state index contributed by atoms with van der Waals surface area (Å²) in [6.45, 7) is 0. The molecule has 18 heavy (non-hydrogen) atoms. The van der Waals surface area contributed by atoms with Crippen molar-refractivity contribution in [1.82, 2.24) is 4.98 Å². The van der Waals surface area contributed by atoms with Gasteiger partial charge in [0.05, 0.1) is 5.52 Å². The fourth-order valence-electron chi connectivity index (χ4n) is 2.44. The summed E-state index contributed by atoms with van der Waals surface area (Å²) < 4.78 is 5.98. The van der Waals surface area contributed by atoms with Gasteiger partial charge in [0.1, 0.15) is 17.6 Å². The molecule has 0 amide bonds. The van der Waals surface area contributed by atoms with Crippen LogP contribution in [0.25, 0.3) is 10.9 Å². The minimum Gasteiger partial charge on any atom is -0.489 e. The summed E-state index contributed by atoms with van der Waals surface area (Å²) in [6.07, 6.45) is 4.94. The molecule has 0 radical (unpaired) electrons. The number of carbonyl (C=O) groups is 1. The normalized spacial score (nSPS) is 20.0. The summed E-state index contributed by atoms with van der Waals surface area (Å²) in [4.78, 5) is 15.7. The highest BCUT2D eigenvalue weighted by molar-refractivity contribution is 5.85. The van der Waals surface area contributed by atoms with E-state index in [1.165, 1.54) is 0 Å². The second kappa shape index (κ2) is 4.77. The van der Waals surface area contributed by atoms with E-state index in [1.807, 2.05) is 30.3 Å². The zero-order chi connectivity index (χ0) is 12.4. The minimum absolute atomic E-state index is 0.0251. The Hall–Kier alpha value is -1.90. The molecule has 1 aliphatic rings. The maximum absolute atomic E-state index is 11.4. The standard InChI is InChI=1S/C15H15NO2/c17-11-4-1-5-12(10-11)18-15-8-2-7-14-13(15)6-3-9-16-14/h2-3,6-9,12H,1,4-5,10H2. The highest BCUT2D eigenvalue weighted by atomic mass is 16.5. The largest absolute Gasteiger partial charge is 0.489 e. The first-order valence-electron chi connectivity index (χ1n) is 6.35. The molecule has 1 fully saturated rings. The SMILES string of the molecule is O=C1CCCC(Oc2cccc3ncccc23)C1. The lowest BCUT2D eigenvalue weighted by atomic mass is 9.96. The first-order valence-corrected chi connectivity index (χ1v) is 6.35. The molecule has 2 aromatic rings. The van der Waals surface area contributed by atoms with Gasteiger partial charge in [0.2, 0.25) is 0 Å². The van der Waals surface area contributed by atoms with Crippen molar-refractivity contribution in [2.45, 2.75) is 31.8 Å². The molecule has 0 aliphatic heterocycles. The number of hydrogen-bond acceptors (Lipinski definition) is 3. The number of aromatic nitrogens is 1. The molecule has 1 aromatic carbocycles. The third-order valence-electron chi connectivity index (χ3n) is 3.34. The first-order chi connectivity index (χ1) is 8.83. The number of Topliss-reactive ketones (excluding diaryl/α,β-unsaturated/α-hetero) is 1. The van der Waals surface area contributed by atoms with Gasteiger partial charge in [-0.2, -0.15) is 0 Å². The lowest BCUT2D eigenvalue weighted by molar-refractivity contribution is -0.122. The van der Waals surface area contributed by atoms with Gasteiger partial charge in [0.15, 0.2) is 0 Å². The molecule has 0 bridgehead atoms. The van der Waals surface area contributed by atoms with Gasteiger partial charge < -0.3 is 4.74 Å². The van der Waals surface area contributed by atoms with Gasteiger partial charge in [-0.1, -0.05) is 6.07 Å². The molecule has 1 unspecified atom stereocenters. The number of carbonyl (C=O) groups excluding carboxylic acids is 1. The molecule has 1 atom stereocenters. The Morgan fingerprint density at radius 3 is 3.06 bits per heavy atom. The maximum Gasteiger partial charge on any atom is 0.136 e. The van der Waals surface area contributed by atoms with Crippen molar-refractivity contribution in [1.29, 1.82) is 0 Å². The number of rotatable bonds is 2. The predicted octanol–water partition coefficient (Wildman–Crippen LogP) is 3.13. The number of benzene rings is 1. The van der Waals surface area contributed by atoms with Crippen LogP contribution in [0.15, 0.2) is 36.5 Å². The molecule has 92 valence electrons. The molecule has 3 nitrogen and oxygen atoms in total. The molecular formula is C15H15NO2. The fourth-order valence-corrected chi connectivity index (χ4v) is 2.44. The zero-order valence-corrected chi connectivity index (χ0v) is 10.1. The summed E-state index contributed by atoms with van der Waals surface area (Å²) in [5.74, 6) is 1.14. The highest BCUT2D eigenvalue weighted by Crippen LogP contribution is 2.27. The van der Waals surface area contributed by atoms with E-state index in [4.69, 9.17) is 4.74 Å². The zero-order valence-electron chi connectivity index (χ0n) is 10.1. The van der Waals surface area contributed by atoms with Crippen molar-refractivity contribution in [3.8, 4) is 5.75 Å². The van der Waals surface area contributed by atoms with Crippen LogP contribution in [0.2, 0.25) is 0 Å². The molecular weight excluding hydrogens is 226 g/mol. The Labute approximate surface area is 106 Å². The van der Waals surface area contributed by atoms with E-state index < -0.39 is 0 Å². The molecule has 0 N–H and O–H groups in total. The summed E-state index contributed by atoms with van der Waals surface area (Å²) in [6, 6.07) is 9.76. The topological polar surface area (TPSA) is 39.2 Å². The van der Waals surface area contributed by atoms with Crippen molar-refractivity contribution < 1.29 is 9.53 Å². The van der Waals surface area contributed by atoms with E-state index >= 15 is 0 Å². The van der Waals surface area contributed by atoms with Crippen LogP contribution in [0.1, 0.15) is 25.7 Å². The van der Waals surface area contributed by atoms with Crippen LogP contribution in [0.5, 0.6) is 5.75 Å². The van der Waals surface area contributed by atoms with Crippen molar-refractivity contribution >= 4 is 16.7 Å². The van der Waals surface area contributed by atoms with Crippen LogP contribution in [0, 0.1) is 0 Å². The second-order valence-electron chi connectivity index (χ2n) is 4.70. The minimum atomic E-state index is 0.0251. The summed E-state index contributed by atoms with van der Waals surface area (Å²) in [5, 5.41) is 1.01. The molecule has 3 heteroatoms. The van der Waals surface area contributed by atoms with Crippen molar-refractivity contribution in [3.05, 3.63) is 36.5 Å². The van der Waals surface area contributed by atoms with Gasteiger partial charge in [-0.15, -0.1) is 0 Å². The Balaban J connectivity index is 1.88. The van der Waals surface area contributed by atoms with E-state index in [9.17, 15) is 4.79 Å². The molecule has 1 aromatic heterocycles. The maximum atomic E-state index is 11.4. The Morgan fingerprint density at radius 2 is 2.17 bits per heavy atom.